The minimum Gasteiger partial charge on any atom is -0.457 e. The monoisotopic (exact) mass is 535 g/mol. The molecule has 4 aromatic rings. The highest BCUT2D eigenvalue weighted by atomic mass is 16.5. The van der Waals surface area contributed by atoms with E-state index in [1.54, 1.807) is 28.3 Å². The van der Waals surface area contributed by atoms with Gasteiger partial charge in [-0.3, -0.25) is 19.4 Å². The Morgan fingerprint density at radius 1 is 1.10 bits per heavy atom. The van der Waals surface area contributed by atoms with Gasteiger partial charge in [0.1, 0.15) is 24.1 Å². The summed E-state index contributed by atoms with van der Waals surface area (Å²) < 4.78 is 5.90. The summed E-state index contributed by atoms with van der Waals surface area (Å²) in [6.07, 6.45) is 5.00. The second kappa shape index (κ2) is 9.22. The van der Waals surface area contributed by atoms with Gasteiger partial charge in [-0.2, -0.15) is 0 Å². The van der Waals surface area contributed by atoms with Crippen LogP contribution in [0.1, 0.15) is 41.4 Å². The number of H-pyrrole nitrogens is 1. The minimum atomic E-state index is -0.548. The maximum Gasteiger partial charge on any atom is 0.255 e. The molecule has 1 saturated heterocycles. The van der Waals surface area contributed by atoms with Gasteiger partial charge < -0.3 is 24.8 Å². The lowest BCUT2D eigenvalue weighted by molar-refractivity contribution is -0.140. The molecule has 2 aliphatic heterocycles. The van der Waals surface area contributed by atoms with Gasteiger partial charge in [-0.05, 0) is 60.2 Å². The van der Waals surface area contributed by atoms with Crippen LogP contribution in [0.25, 0.3) is 10.9 Å². The predicted octanol–water partition coefficient (Wildman–Crippen LogP) is 4.01. The standard InChI is InChI=1S/C31H29N5O4/c1-31-13-26(29(38)33-16-21-11-20-15-32-10-9-25(20)34-21)36(27(31)14-31)28(37)18-35-17-19-7-8-23(12-24(19)30(35)39)40-22-5-3-2-4-6-22/h2-12,15,26-27,34H,13-14,16-18H2,1H3,(H,33,38)/t26-,27-,31+/m0/s1. The first-order chi connectivity index (χ1) is 19.4. The fourth-order valence-electron chi connectivity index (χ4n) is 6.19. The van der Waals surface area contributed by atoms with Crippen molar-refractivity contribution in [2.75, 3.05) is 6.54 Å². The molecule has 2 aromatic heterocycles. The number of ether oxygens (including phenoxy) is 1. The summed E-state index contributed by atoms with van der Waals surface area (Å²) in [5.74, 6) is 0.700. The van der Waals surface area contributed by atoms with Crippen LogP contribution >= 0.6 is 0 Å². The van der Waals surface area contributed by atoms with Gasteiger partial charge in [0.05, 0.1) is 6.54 Å². The lowest BCUT2D eigenvalue weighted by Gasteiger charge is -2.28. The van der Waals surface area contributed by atoms with Crippen molar-refractivity contribution in [2.24, 2.45) is 5.41 Å². The first-order valence-corrected chi connectivity index (χ1v) is 13.5. The second-order valence-corrected chi connectivity index (χ2v) is 11.3. The zero-order valence-corrected chi connectivity index (χ0v) is 22.1. The molecule has 0 radical (unpaired) electrons. The van der Waals surface area contributed by atoms with E-state index >= 15 is 0 Å². The quantitative estimate of drug-likeness (QED) is 0.372. The summed E-state index contributed by atoms with van der Waals surface area (Å²) >= 11 is 0. The van der Waals surface area contributed by atoms with Crippen molar-refractivity contribution in [3.63, 3.8) is 0 Å². The molecular weight excluding hydrogens is 506 g/mol. The summed E-state index contributed by atoms with van der Waals surface area (Å²) in [4.78, 5) is 50.9. The van der Waals surface area contributed by atoms with Gasteiger partial charge in [-0.15, -0.1) is 0 Å². The molecule has 2 aromatic carbocycles. The Kier molecular flexibility index (Phi) is 5.62. The Bertz CT molecular complexity index is 1620. The molecule has 3 atom stereocenters. The van der Waals surface area contributed by atoms with Crippen molar-refractivity contribution >= 4 is 28.6 Å². The van der Waals surface area contributed by atoms with Gasteiger partial charge in [0.25, 0.3) is 5.91 Å². The van der Waals surface area contributed by atoms with Crippen molar-refractivity contribution in [3.05, 3.63) is 89.9 Å². The number of carbonyl (C=O) groups is 3. The highest BCUT2D eigenvalue weighted by Crippen LogP contribution is 2.59. The van der Waals surface area contributed by atoms with Crippen LogP contribution in [0.4, 0.5) is 0 Å². The molecule has 40 heavy (non-hydrogen) atoms. The van der Waals surface area contributed by atoms with Crippen molar-refractivity contribution < 1.29 is 19.1 Å². The maximum atomic E-state index is 13.6. The number of benzene rings is 2. The van der Waals surface area contributed by atoms with Gasteiger partial charge in [0.15, 0.2) is 0 Å². The van der Waals surface area contributed by atoms with E-state index in [0.717, 1.165) is 28.6 Å². The number of nitrogens with zero attached hydrogens (tertiary/aromatic N) is 3. The second-order valence-electron chi connectivity index (χ2n) is 11.3. The van der Waals surface area contributed by atoms with Gasteiger partial charge in [0.2, 0.25) is 11.8 Å². The summed E-state index contributed by atoms with van der Waals surface area (Å²) in [7, 11) is 0. The van der Waals surface area contributed by atoms with Crippen LogP contribution in [0.2, 0.25) is 0 Å². The number of aromatic amines is 1. The Morgan fingerprint density at radius 3 is 2.77 bits per heavy atom. The highest BCUT2D eigenvalue weighted by molar-refractivity contribution is 6.01. The number of hydrogen-bond donors (Lipinski definition) is 2. The summed E-state index contributed by atoms with van der Waals surface area (Å²) in [5.41, 5.74) is 3.19. The van der Waals surface area contributed by atoms with E-state index in [-0.39, 0.29) is 35.7 Å². The number of amides is 3. The molecule has 2 N–H and O–H groups in total. The fraction of sp³-hybridized carbons (Fsp3) is 0.290. The summed E-state index contributed by atoms with van der Waals surface area (Å²) in [6.45, 7) is 2.75. The van der Waals surface area contributed by atoms with Crippen molar-refractivity contribution in [1.82, 2.24) is 25.1 Å². The number of aromatic nitrogens is 2. The highest BCUT2D eigenvalue weighted by Gasteiger charge is 2.64. The molecule has 7 rings (SSSR count). The van der Waals surface area contributed by atoms with Crippen LogP contribution in [0.15, 0.2) is 73.1 Å². The molecule has 0 unspecified atom stereocenters. The average molecular weight is 536 g/mol. The molecule has 3 aliphatic rings. The molecule has 9 heteroatoms. The molecule has 1 saturated carbocycles. The van der Waals surface area contributed by atoms with Gasteiger partial charge in [-0.1, -0.05) is 31.2 Å². The number of nitrogens with one attached hydrogen (secondary N) is 2. The fourth-order valence-corrected chi connectivity index (χ4v) is 6.19. The van der Waals surface area contributed by atoms with E-state index in [2.05, 4.69) is 22.2 Å². The number of rotatable bonds is 7. The average Bonchev–Trinajstić information content (AvgIpc) is 3.23. The van der Waals surface area contributed by atoms with E-state index in [4.69, 9.17) is 4.74 Å². The van der Waals surface area contributed by atoms with Crippen LogP contribution in [0.5, 0.6) is 11.5 Å². The largest absolute Gasteiger partial charge is 0.457 e. The number of pyridine rings is 1. The van der Waals surface area contributed by atoms with Gasteiger partial charge in [-0.25, -0.2) is 0 Å². The Balaban J connectivity index is 1.02. The molecule has 202 valence electrons. The van der Waals surface area contributed by atoms with Crippen LogP contribution in [-0.4, -0.2) is 56.1 Å². The Morgan fingerprint density at radius 2 is 1.95 bits per heavy atom. The van der Waals surface area contributed by atoms with Crippen LogP contribution in [-0.2, 0) is 22.7 Å². The third-order valence-electron chi connectivity index (χ3n) is 8.42. The number of carbonyl (C=O) groups excluding carboxylic acids is 3. The zero-order chi connectivity index (χ0) is 27.4. The van der Waals surface area contributed by atoms with E-state index in [9.17, 15) is 14.4 Å². The number of fused-ring (bicyclic) bond motifs is 3. The van der Waals surface area contributed by atoms with Gasteiger partial charge >= 0.3 is 0 Å². The molecular formula is C31H29N5O4. The lowest BCUT2D eigenvalue weighted by atomic mass is 10.0. The first kappa shape index (κ1) is 24.4. The topological polar surface area (TPSA) is 108 Å². The Hall–Kier alpha value is -4.66. The molecule has 0 bridgehead atoms. The van der Waals surface area contributed by atoms with E-state index in [1.807, 2.05) is 54.6 Å². The smallest absolute Gasteiger partial charge is 0.255 e. The molecule has 1 aliphatic carbocycles. The normalized spacial score (nSPS) is 22.8. The SMILES string of the molecule is C[C@@]12C[C@@H]1N(C(=O)CN1Cc3ccc(Oc4ccccc4)cc3C1=O)[C@H](C(=O)NCc1cc3cnccc3[nH]1)C2. The molecule has 9 nitrogen and oxygen atoms in total. The summed E-state index contributed by atoms with van der Waals surface area (Å²) in [5, 5.41) is 3.99. The van der Waals surface area contributed by atoms with E-state index in [0.29, 0.717) is 36.6 Å². The number of piperidine rings is 1. The lowest BCUT2D eigenvalue weighted by Crippen LogP contribution is -2.50. The minimum absolute atomic E-state index is 0.0286. The van der Waals surface area contributed by atoms with E-state index < -0.39 is 6.04 Å². The van der Waals surface area contributed by atoms with Crippen molar-refractivity contribution in [2.45, 2.75) is 44.9 Å². The molecule has 0 spiro atoms. The maximum absolute atomic E-state index is 13.6. The summed E-state index contributed by atoms with van der Waals surface area (Å²) in [6, 6.07) is 18.2. The predicted molar refractivity (Wildman–Crippen MR) is 147 cm³/mol. The molecule has 2 fully saturated rings. The molecule has 4 heterocycles. The first-order valence-electron chi connectivity index (χ1n) is 13.5. The molecule has 3 amide bonds. The van der Waals surface area contributed by atoms with Crippen molar-refractivity contribution in [3.8, 4) is 11.5 Å². The van der Waals surface area contributed by atoms with Gasteiger partial charge in [0, 0.05) is 47.1 Å². The number of likely N-dealkylation sites (tertiary alicyclic amines) is 1. The van der Waals surface area contributed by atoms with Crippen molar-refractivity contribution in [1.29, 1.82) is 0 Å². The third-order valence-corrected chi connectivity index (χ3v) is 8.42. The zero-order valence-electron chi connectivity index (χ0n) is 22.1. The van der Waals surface area contributed by atoms with Crippen LogP contribution in [0, 0.1) is 5.41 Å². The van der Waals surface area contributed by atoms with E-state index in [1.165, 1.54) is 0 Å². The number of para-hydroxylation sites is 1. The van der Waals surface area contributed by atoms with Crippen LogP contribution in [0.3, 0.4) is 0 Å². The number of hydrogen-bond acceptors (Lipinski definition) is 5. The van der Waals surface area contributed by atoms with Crippen LogP contribution < -0.4 is 10.1 Å². The third kappa shape index (κ3) is 4.27. The Labute approximate surface area is 231 Å².